The molecule has 2 aliphatic heterocycles. The summed E-state index contributed by atoms with van der Waals surface area (Å²) in [6.45, 7) is 7.51. The maximum absolute atomic E-state index is 12.3. The van der Waals surface area contributed by atoms with E-state index in [-0.39, 0.29) is 24.2 Å². The molecule has 5 rings (SSSR count). The first kappa shape index (κ1) is 23.9. The molecule has 0 aromatic heterocycles. The highest BCUT2D eigenvalue weighted by Crippen LogP contribution is 2.65. The Hall–Kier alpha value is -0.870. The second-order valence-corrected chi connectivity index (χ2v) is 12.1. The standard InChI is InChI=1S/C25H38O8/c1-12(2)15(26)7-8-22(3)9-10-23(4)14(18(22)28)6-5-13-16-19(23)33-21-25(16,31)20(29)24(30,11-32-21)17(13)27/h5,12,14,16-21,27-31H,6-11H2,1-4H3/t14-,16-,17?,18?,19+,20?,21?,22-,23-,24?,25?/m1/s1. The normalized spacial score (nSPS) is 55.1. The van der Waals surface area contributed by atoms with Crippen LogP contribution in [0, 0.1) is 28.6 Å². The highest BCUT2D eigenvalue weighted by Gasteiger charge is 2.77. The smallest absolute Gasteiger partial charge is 0.190 e. The van der Waals surface area contributed by atoms with Gasteiger partial charge in [0.15, 0.2) is 11.9 Å². The number of aliphatic hydroxyl groups excluding tert-OH is 3. The number of hydrogen-bond donors (Lipinski definition) is 5. The van der Waals surface area contributed by atoms with E-state index in [9.17, 15) is 30.3 Å². The molecule has 0 aromatic carbocycles. The van der Waals surface area contributed by atoms with E-state index in [4.69, 9.17) is 9.47 Å². The quantitative estimate of drug-likeness (QED) is 0.382. The summed E-state index contributed by atoms with van der Waals surface area (Å²) in [6.07, 6.45) is -0.785. The van der Waals surface area contributed by atoms with Gasteiger partial charge in [-0.1, -0.05) is 33.8 Å². The van der Waals surface area contributed by atoms with Gasteiger partial charge in [-0.15, -0.1) is 0 Å². The van der Waals surface area contributed by atoms with Crippen LogP contribution in [0.2, 0.25) is 0 Å². The fraction of sp³-hybridized carbons (Fsp3) is 0.880. The molecule has 2 saturated carbocycles. The lowest BCUT2D eigenvalue weighted by Crippen LogP contribution is -2.77. The number of rotatable bonds is 4. The predicted octanol–water partition coefficient (Wildman–Crippen LogP) is 0.674. The minimum Gasteiger partial charge on any atom is -0.392 e. The average molecular weight is 467 g/mol. The largest absolute Gasteiger partial charge is 0.392 e. The van der Waals surface area contributed by atoms with E-state index < -0.39 is 58.7 Å². The van der Waals surface area contributed by atoms with Gasteiger partial charge in [-0.3, -0.25) is 4.79 Å². The number of allylic oxidation sites excluding steroid dienone is 1. The average Bonchev–Trinajstić information content (AvgIpc) is 3.03. The van der Waals surface area contributed by atoms with Crippen LogP contribution in [0.1, 0.15) is 59.8 Å². The molecule has 0 aromatic rings. The predicted molar refractivity (Wildman–Crippen MR) is 117 cm³/mol. The van der Waals surface area contributed by atoms with E-state index in [1.807, 2.05) is 33.8 Å². The summed E-state index contributed by atoms with van der Waals surface area (Å²) in [7, 11) is 0. The van der Waals surface area contributed by atoms with Crippen molar-refractivity contribution in [1.82, 2.24) is 0 Å². The van der Waals surface area contributed by atoms with Crippen molar-refractivity contribution in [3.8, 4) is 0 Å². The topological polar surface area (TPSA) is 137 Å². The van der Waals surface area contributed by atoms with E-state index in [2.05, 4.69) is 0 Å². The highest BCUT2D eigenvalue weighted by molar-refractivity contribution is 5.80. The number of ether oxygens (including phenoxy) is 2. The zero-order valence-electron chi connectivity index (χ0n) is 19.9. The summed E-state index contributed by atoms with van der Waals surface area (Å²) in [5, 5.41) is 56.4. The third-order valence-corrected chi connectivity index (χ3v) is 10.00. The lowest BCUT2D eigenvalue weighted by atomic mass is 9.51. The van der Waals surface area contributed by atoms with E-state index in [0.29, 0.717) is 37.7 Å². The molecular weight excluding hydrogens is 428 g/mol. The van der Waals surface area contributed by atoms with Crippen LogP contribution in [0.4, 0.5) is 0 Å². The Kier molecular flexibility index (Phi) is 5.29. The van der Waals surface area contributed by atoms with Crippen LogP contribution in [0.5, 0.6) is 0 Å². The summed E-state index contributed by atoms with van der Waals surface area (Å²) in [5.41, 5.74) is -4.44. The molecular formula is C25H38O8. The number of carbonyl (C=O) groups excluding carboxylic acids is 1. The van der Waals surface area contributed by atoms with Crippen LogP contribution >= 0.6 is 0 Å². The molecule has 0 spiro atoms. The van der Waals surface area contributed by atoms with E-state index in [1.165, 1.54) is 0 Å². The van der Waals surface area contributed by atoms with Gasteiger partial charge in [0.2, 0.25) is 0 Å². The van der Waals surface area contributed by atoms with Crippen molar-refractivity contribution in [2.24, 2.45) is 28.6 Å². The van der Waals surface area contributed by atoms with Gasteiger partial charge in [0.1, 0.15) is 23.6 Å². The fourth-order valence-corrected chi connectivity index (χ4v) is 7.49. The van der Waals surface area contributed by atoms with E-state index >= 15 is 0 Å². The van der Waals surface area contributed by atoms with Crippen molar-refractivity contribution in [3.05, 3.63) is 11.6 Å². The zero-order valence-corrected chi connectivity index (χ0v) is 19.9. The minimum atomic E-state index is -2.02. The van der Waals surface area contributed by atoms with Crippen LogP contribution in [-0.2, 0) is 14.3 Å². The molecule has 8 heteroatoms. The molecule has 6 unspecified atom stereocenters. The van der Waals surface area contributed by atoms with Crippen molar-refractivity contribution in [2.75, 3.05) is 6.61 Å². The van der Waals surface area contributed by atoms with Crippen molar-refractivity contribution in [1.29, 1.82) is 0 Å². The zero-order chi connectivity index (χ0) is 24.1. The van der Waals surface area contributed by atoms with Crippen molar-refractivity contribution >= 4 is 5.78 Å². The number of aliphatic hydroxyl groups is 5. The van der Waals surface area contributed by atoms with Gasteiger partial charge in [-0.2, -0.15) is 0 Å². The van der Waals surface area contributed by atoms with Gasteiger partial charge < -0.3 is 35.0 Å². The second-order valence-electron chi connectivity index (χ2n) is 12.1. The first-order valence-electron chi connectivity index (χ1n) is 12.3. The lowest BCUT2D eigenvalue weighted by Gasteiger charge is -2.57. The molecule has 11 atom stereocenters. The molecule has 2 bridgehead atoms. The van der Waals surface area contributed by atoms with Crippen LogP contribution in [0.3, 0.4) is 0 Å². The van der Waals surface area contributed by atoms with Gasteiger partial charge in [-0.25, -0.2) is 0 Å². The molecule has 5 N–H and O–H groups in total. The summed E-state index contributed by atoms with van der Waals surface area (Å²) >= 11 is 0. The number of hydrogen-bond acceptors (Lipinski definition) is 8. The summed E-state index contributed by atoms with van der Waals surface area (Å²) in [6, 6.07) is 0. The van der Waals surface area contributed by atoms with Gasteiger partial charge in [0, 0.05) is 23.7 Å². The van der Waals surface area contributed by atoms with Gasteiger partial charge in [-0.05, 0) is 42.6 Å². The molecule has 0 amide bonds. The maximum atomic E-state index is 12.3. The molecule has 2 heterocycles. The van der Waals surface area contributed by atoms with Crippen LogP contribution in [0.25, 0.3) is 0 Å². The molecule has 186 valence electrons. The van der Waals surface area contributed by atoms with Crippen molar-refractivity contribution in [2.45, 2.75) is 102 Å². The molecule has 3 aliphatic carbocycles. The number of ketones is 1. The van der Waals surface area contributed by atoms with E-state index in [1.54, 1.807) is 0 Å². The Morgan fingerprint density at radius 3 is 2.55 bits per heavy atom. The minimum absolute atomic E-state index is 0.0379. The number of fused-ring (bicyclic) bond motifs is 3. The van der Waals surface area contributed by atoms with Crippen molar-refractivity contribution in [3.63, 3.8) is 0 Å². The fourth-order valence-electron chi connectivity index (χ4n) is 7.49. The maximum Gasteiger partial charge on any atom is 0.190 e. The van der Waals surface area contributed by atoms with Crippen LogP contribution in [0.15, 0.2) is 11.6 Å². The summed E-state index contributed by atoms with van der Waals surface area (Å²) in [4.78, 5) is 12.3. The van der Waals surface area contributed by atoms with E-state index in [0.717, 1.165) is 0 Å². The van der Waals surface area contributed by atoms with Crippen LogP contribution < -0.4 is 0 Å². The summed E-state index contributed by atoms with van der Waals surface area (Å²) in [5.74, 6) is -0.840. The number of carbonyl (C=O) groups is 1. The third-order valence-electron chi connectivity index (χ3n) is 10.00. The highest BCUT2D eigenvalue weighted by atomic mass is 16.7. The molecule has 8 nitrogen and oxygen atoms in total. The number of Topliss-reactive ketones (excluding diaryl/α,β-unsaturated/α-hetero) is 1. The monoisotopic (exact) mass is 466 g/mol. The van der Waals surface area contributed by atoms with Gasteiger partial charge >= 0.3 is 0 Å². The summed E-state index contributed by atoms with van der Waals surface area (Å²) < 4.78 is 11.9. The first-order valence-corrected chi connectivity index (χ1v) is 12.3. The molecule has 4 fully saturated rings. The SMILES string of the molecule is CC(C)C(=O)CC[C@]1(C)CC[C@]2(C)[C@H](CC=C3C(O)C4(O)COC5O[C@H]2[C@@H]3C5(O)C4O)C1O. The first-order chi connectivity index (χ1) is 15.3. The third kappa shape index (κ3) is 2.92. The Morgan fingerprint density at radius 2 is 1.88 bits per heavy atom. The van der Waals surface area contributed by atoms with Gasteiger partial charge in [0.05, 0.1) is 18.8 Å². The Labute approximate surface area is 194 Å². The Morgan fingerprint density at radius 1 is 1.18 bits per heavy atom. The Balaban J connectivity index is 1.51. The lowest BCUT2D eigenvalue weighted by molar-refractivity contribution is -0.341. The molecule has 5 aliphatic rings. The van der Waals surface area contributed by atoms with Crippen LogP contribution in [-0.4, -0.2) is 79.8 Å². The second kappa shape index (κ2) is 7.32. The Bertz CT molecular complexity index is 872. The van der Waals surface area contributed by atoms with Gasteiger partial charge in [0.25, 0.3) is 0 Å². The molecule has 2 saturated heterocycles. The molecule has 0 radical (unpaired) electrons. The van der Waals surface area contributed by atoms with Crippen molar-refractivity contribution < 1.29 is 39.8 Å². The molecule has 33 heavy (non-hydrogen) atoms.